The molecule has 0 spiro atoms. The molecule has 1 aromatic heterocycles. The van der Waals surface area contributed by atoms with Crippen LogP contribution in [0.1, 0.15) is 50.4 Å². The minimum Gasteiger partial charge on any atom is -0.467 e. The van der Waals surface area contributed by atoms with Gasteiger partial charge in [-0.3, -0.25) is 4.79 Å². The first-order chi connectivity index (χ1) is 11.6. The Kier molecular flexibility index (Phi) is 5.05. The third-order valence-corrected chi connectivity index (χ3v) is 4.88. The topological polar surface area (TPSA) is 53.7 Å². The molecule has 1 aliphatic rings. The summed E-state index contributed by atoms with van der Waals surface area (Å²) in [5.74, 6) is 0.766. The number of carbonyl (C=O) groups is 1. The van der Waals surface area contributed by atoms with E-state index in [1.807, 2.05) is 47.4 Å². The molecule has 1 fully saturated rings. The van der Waals surface area contributed by atoms with Gasteiger partial charge in [0.15, 0.2) is 0 Å². The lowest BCUT2D eigenvalue weighted by Gasteiger charge is -2.32. The van der Waals surface area contributed by atoms with Gasteiger partial charge in [-0.05, 0) is 37.5 Å². The predicted octanol–water partition coefficient (Wildman–Crippen LogP) is 3.85. The van der Waals surface area contributed by atoms with Gasteiger partial charge in [0.2, 0.25) is 5.91 Å². The van der Waals surface area contributed by atoms with Crippen molar-refractivity contribution in [2.45, 2.75) is 57.2 Å². The number of rotatable bonds is 6. The average Bonchev–Trinajstić information content (AvgIpc) is 3.26. The maximum Gasteiger partial charge on any atom is 0.226 e. The van der Waals surface area contributed by atoms with Crippen LogP contribution in [0.5, 0.6) is 0 Å². The summed E-state index contributed by atoms with van der Waals surface area (Å²) in [6.07, 6.45) is 6.07. The molecular weight excluding hydrogens is 302 g/mol. The van der Waals surface area contributed by atoms with Gasteiger partial charge in [0, 0.05) is 6.04 Å². The number of hydrogen-bond acceptors (Lipinski definition) is 3. The van der Waals surface area contributed by atoms with Crippen LogP contribution in [0.25, 0.3) is 0 Å². The lowest BCUT2D eigenvalue weighted by molar-refractivity contribution is -0.139. The zero-order valence-corrected chi connectivity index (χ0v) is 14.1. The van der Waals surface area contributed by atoms with E-state index in [1.165, 1.54) is 0 Å². The molecule has 3 rings (SSSR count). The van der Waals surface area contributed by atoms with Gasteiger partial charge in [-0.2, -0.15) is 0 Å². The largest absolute Gasteiger partial charge is 0.467 e. The lowest BCUT2D eigenvalue weighted by Crippen LogP contribution is -2.41. The van der Waals surface area contributed by atoms with Crippen molar-refractivity contribution in [3.63, 3.8) is 0 Å². The second-order valence-corrected chi connectivity index (χ2v) is 6.86. The minimum absolute atomic E-state index is 0.0212. The molecule has 1 N–H and O–H groups in total. The van der Waals surface area contributed by atoms with Gasteiger partial charge in [0.1, 0.15) is 5.76 Å². The van der Waals surface area contributed by atoms with E-state index < -0.39 is 5.60 Å². The molecule has 1 atom stereocenters. The highest BCUT2D eigenvalue weighted by Crippen LogP contribution is 2.30. The van der Waals surface area contributed by atoms with Crippen molar-refractivity contribution in [3.8, 4) is 0 Å². The normalized spacial score (nSPS) is 17.6. The van der Waals surface area contributed by atoms with Crippen molar-refractivity contribution in [3.05, 3.63) is 60.1 Å². The quantitative estimate of drug-likeness (QED) is 0.877. The first-order valence-corrected chi connectivity index (χ1v) is 8.66. The Balaban J connectivity index is 1.75. The number of amides is 1. The fourth-order valence-electron chi connectivity index (χ4n) is 3.50. The van der Waals surface area contributed by atoms with Crippen LogP contribution >= 0.6 is 0 Å². The summed E-state index contributed by atoms with van der Waals surface area (Å²) in [5.41, 5.74) is -0.402. The Morgan fingerprint density at radius 1 is 1.21 bits per heavy atom. The minimum atomic E-state index is -1.17. The molecule has 2 aromatic rings. The summed E-state index contributed by atoms with van der Waals surface area (Å²) < 4.78 is 5.43. The van der Waals surface area contributed by atoms with E-state index >= 15 is 0 Å². The summed E-state index contributed by atoms with van der Waals surface area (Å²) >= 11 is 0. The van der Waals surface area contributed by atoms with E-state index in [1.54, 1.807) is 13.2 Å². The summed E-state index contributed by atoms with van der Waals surface area (Å²) in [4.78, 5) is 14.9. The fourth-order valence-corrected chi connectivity index (χ4v) is 3.50. The second kappa shape index (κ2) is 7.22. The van der Waals surface area contributed by atoms with Crippen molar-refractivity contribution in [1.29, 1.82) is 0 Å². The number of nitrogens with zero attached hydrogens (tertiary/aromatic N) is 1. The molecule has 128 valence electrons. The first-order valence-electron chi connectivity index (χ1n) is 8.66. The van der Waals surface area contributed by atoms with Crippen LogP contribution in [-0.2, 0) is 16.9 Å². The molecule has 4 heteroatoms. The number of hydrogen-bond donors (Lipinski definition) is 1. The number of benzene rings is 1. The Hall–Kier alpha value is -2.07. The van der Waals surface area contributed by atoms with Gasteiger partial charge >= 0.3 is 0 Å². The van der Waals surface area contributed by atoms with Crippen LogP contribution in [0.15, 0.2) is 53.1 Å². The fraction of sp³-hybridized carbons (Fsp3) is 0.450. The van der Waals surface area contributed by atoms with Gasteiger partial charge in [0.05, 0.1) is 24.8 Å². The van der Waals surface area contributed by atoms with Crippen LogP contribution < -0.4 is 0 Å². The summed E-state index contributed by atoms with van der Waals surface area (Å²) in [5, 5.41) is 10.8. The van der Waals surface area contributed by atoms with Crippen molar-refractivity contribution >= 4 is 5.91 Å². The van der Waals surface area contributed by atoms with Crippen LogP contribution in [-0.4, -0.2) is 22.0 Å². The maximum absolute atomic E-state index is 13.0. The van der Waals surface area contributed by atoms with Gasteiger partial charge in [0.25, 0.3) is 0 Å². The molecular formula is C20H25NO3. The SMILES string of the molecule is CC(O)(CC(=O)N(Cc1ccco1)C1CCCC1)c1ccccc1. The molecule has 4 nitrogen and oxygen atoms in total. The highest BCUT2D eigenvalue weighted by Gasteiger charge is 2.33. The van der Waals surface area contributed by atoms with E-state index in [0.717, 1.165) is 37.0 Å². The van der Waals surface area contributed by atoms with Crippen molar-refractivity contribution in [2.24, 2.45) is 0 Å². The van der Waals surface area contributed by atoms with E-state index in [0.29, 0.717) is 6.54 Å². The van der Waals surface area contributed by atoms with E-state index in [4.69, 9.17) is 4.42 Å². The molecule has 1 aliphatic carbocycles. The maximum atomic E-state index is 13.0. The van der Waals surface area contributed by atoms with Crippen LogP contribution in [0.2, 0.25) is 0 Å². The van der Waals surface area contributed by atoms with Crippen molar-refractivity contribution < 1.29 is 14.3 Å². The van der Waals surface area contributed by atoms with E-state index in [-0.39, 0.29) is 18.4 Å². The Bertz CT molecular complexity index is 643. The smallest absolute Gasteiger partial charge is 0.226 e. The van der Waals surface area contributed by atoms with Crippen molar-refractivity contribution in [2.75, 3.05) is 0 Å². The molecule has 1 saturated carbocycles. The van der Waals surface area contributed by atoms with Crippen LogP contribution in [0, 0.1) is 0 Å². The van der Waals surface area contributed by atoms with Gasteiger partial charge in [-0.15, -0.1) is 0 Å². The zero-order chi connectivity index (χ0) is 17.0. The Labute approximate surface area is 143 Å². The molecule has 1 unspecified atom stereocenters. The Morgan fingerprint density at radius 2 is 1.92 bits per heavy atom. The van der Waals surface area contributed by atoms with Crippen LogP contribution in [0.3, 0.4) is 0 Å². The Morgan fingerprint density at radius 3 is 2.54 bits per heavy atom. The average molecular weight is 327 g/mol. The summed E-state index contributed by atoms with van der Waals surface area (Å²) in [6, 6.07) is 13.4. The number of carbonyl (C=O) groups excluding carboxylic acids is 1. The highest BCUT2D eigenvalue weighted by molar-refractivity contribution is 5.78. The number of furan rings is 1. The molecule has 0 bridgehead atoms. The van der Waals surface area contributed by atoms with E-state index in [2.05, 4.69) is 0 Å². The third kappa shape index (κ3) is 3.88. The molecule has 0 radical (unpaired) electrons. The monoisotopic (exact) mass is 327 g/mol. The lowest BCUT2D eigenvalue weighted by atomic mass is 9.91. The standard InChI is InChI=1S/C20H25NO3/c1-20(23,16-8-3-2-4-9-16)14-19(22)21(17-10-5-6-11-17)15-18-12-7-13-24-18/h2-4,7-9,12-13,17,23H,5-6,10-11,14-15H2,1H3. The van der Waals surface area contributed by atoms with Crippen molar-refractivity contribution in [1.82, 2.24) is 4.90 Å². The molecule has 1 amide bonds. The molecule has 1 aromatic carbocycles. The highest BCUT2D eigenvalue weighted by atomic mass is 16.3. The first kappa shape index (κ1) is 16.8. The predicted molar refractivity (Wildman–Crippen MR) is 92.1 cm³/mol. The van der Waals surface area contributed by atoms with Gasteiger partial charge in [-0.1, -0.05) is 43.2 Å². The van der Waals surface area contributed by atoms with Crippen LogP contribution in [0.4, 0.5) is 0 Å². The molecule has 24 heavy (non-hydrogen) atoms. The summed E-state index contributed by atoms with van der Waals surface area (Å²) in [7, 11) is 0. The zero-order valence-electron chi connectivity index (χ0n) is 14.1. The molecule has 0 saturated heterocycles. The number of aliphatic hydroxyl groups is 1. The van der Waals surface area contributed by atoms with Gasteiger partial charge < -0.3 is 14.4 Å². The van der Waals surface area contributed by atoms with E-state index in [9.17, 15) is 9.90 Å². The third-order valence-electron chi connectivity index (χ3n) is 4.88. The summed E-state index contributed by atoms with van der Waals surface area (Å²) in [6.45, 7) is 2.18. The van der Waals surface area contributed by atoms with Gasteiger partial charge in [-0.25, -0.2) is 0 Å². The second-order valence-electron chi connectivity index (χ2n) is 6.86. The molecule has 1 heterocycles. The molecule has 0 aliphatic heterocycles.